The minimum Gasteiger partial charge on any atom is -0.444 e. The Bertz CT molecular complexity index is 1420. The molecule has 2 aromatic heterocycles. The van der Waals surface area contributed by atoms with Gasteiger partial charge < -0.3 is 15.0 Å². The van der Waals surface area contributed by atoms with E-state index in [0.29, 0.717) is 40.1 Å². The van der Waals surface area contributed by atoms with E-state index in [-0.39, 0.29) is 12.1 Å². The molecule has 1 N–H and O–H groups in total. The van der Waals surface area contributed by atoms with E-state index in [1.807, 2.05) is 73.9 Å². The Morgan fingerprint density at radius 3 is 2.41 bits per heavy atom. The van der Waals surface area contributed by atoms with Gasteiger partial charge in [-0.25, -0.2) is 19.7 Å². The van der Waals surface area contributed by atoms with Gasteiger partial charge >= 0.3 is 6.09 Å². The van der Waals surface area contributed by atoms with Crippen LogP contribution in [-0.2, 0) is 4.74 Å². The lowest BCUT2D eigenvalue weighted by Gasteiger charge is -2.33. The van der Waals surface area contributed by atoms with Crippen molar-refractivity contribution < 1.29 is 9.53 Å². The zero-order valence-corrected chi connectivity index (χ0v) is 22.4. The number of ether oxygens (including phenoxy) is 1. The van der Waals surface area contributed by atoms with E-state index in [4.69, 9.17) is 32.9 Å². The molecule has 0 saturated carbocycles. The fourth-order valence-electron chi connectivity index (χ4n) is 4.48. The van der Waals surface area contributed by atoms with Crippen LogP contribution in [0.2, 0.25) is 10.0 Å². The minimum atomic E-state index is -0.528. The third-order valence-electron chi connectivity index (χ3n) is 6.14. The predicted molar refractivity (Wildman–Crippen MR) is 147 cm³/mol. The van der Waals surface area contributed by atoms with Crippen LogP contribution < -0.4 is 10.2 Å². The van der Waals surface area contributed by atoms with Crippen molar-refractivity contribution in [1.29, 1.82) is 0 Å². The van der Waals surface area contributed by atoms with Crippen LogP contribution in [0.4, 0.5) is 10.6 Å². The monoisotopic (exact) mass is 538 g/mol. The molecule has 3 heterocycles. The Labute approximate surface area is 225 Å². The second-order valence-corrected chi connectivity index (χ2v) is 10.8. The fraction of sp³-hybridized carbons (Fsp3) is 0.333. The number of hydrogen-bond acceptors (Lipinski definition) is 6. The maximum absolute atomic E-state index is 12.2. The molecule has 1 aliphatic heterocycles. The molecule has 0 aliphatic carbocycles. The molecule has 37 heavy (non-hydrogen) atoms. The first-order chi connectivity index (χ1) is 17.7. The number of imidazole rings is 1. The molecule has 0 spiro atoms. The maximum atomic E-state index is 12.2. The number of amides is 1. The van der Waals surface area contributed by atoms with E-state index in [1.54, 1.807) is 6.33 Å². The number of piperidine rings is 1. The number of aromatic nitrogens is 4. The van der Waals surface area contributed by atoms with Crippen molar-refractivity contribution >= 4 is 46.3 Å². The highest BCUT2D eigenvalue weighted by molar-refractivity contribution is 6.33. The first kappa shape index (κ1) is 25.3. The van der Waals surface area contributed by atoms with Crippen molar-refractivity contribution in [2.45, 2.75) is 45.3 Å². The molecule has 2 aromatic carbocycles. The third-order valence-corrected chi connectivity index (χ3v) is 6.72. The van der Waals surface area contributed by atoms with Crippen LogP contribution >= 0.6 is 23.2 Å². The fourth-order valence-corrected chi connectivity index (χ4v) is 4.83. The van der Waals surface area contributed by atoms with Gasteiger partial charge in [0.1, 0.15) is 17.8 Å². The first-order valence-corrected chi connectivity index (χ1v) is 12.9. The highest BCUT2D eigenvalue weighted by atomic mass is 35.5. The van der Waals surface area contributed by atoms with Crippen LogP contribution in [0.15, 0.2) is 54.9 Å². The molecule has 10 heteroatoms. The summed E-state index contributed by atoms with van der Waals surface area (Å²) in [7, 11) is 0. The van der Waals surface area contributed by atoms with E-state index in [9.17, 15) is 4.79 Å². The largest absolute Gasteiger partial charge is 0.444 e. The zero-order chi connectivity index (χ0) is 26.2. The van der Waals surface area contributed by atoms with E-state index < -0.39 is 5.60 Å². The maximum Gasteiger partial charge on any atom is 0.407 e. The average molecular weight is 539 g/mol. The van der Waals surface area contributed by atoms with Crippen LogP contribution in [0.3, 0.4) is 0 Å². The second kappa shape index (κ2) is 10.2. The van der Waals surface area contributed by atoms with Crippen molar-refractivity contribution in [1.82, 2.24) is 24.8 Å². The molecule has 1 amide bonds. The van der Waals surface area contributed by atoms with Crippen molar-refractivity contribution in [2.24, 2.45) is 0 Å². The van der Waals surface area contributed by atoms with Gasteiger partial charge in [-0.15, -0.1) is 0 Å². The van der Waals surface area contributed by atoms with Gasteiger partial charge in [-0.1, -0.05) is 35.3 Å². The van der Waals surface area contributed by atoms with Gasteiger partial charge in [0.05, 0.1) is 5.02 Å². The van der Waals surface area contributed by atoms with E-state index in [0.717, 1.165) is 29.9 Å². The predicted octanol–water partition coefficient (Wildman–Crippen LogP) is 6.28. The molecule has 192 valence electrons. The molecule has 5 rings (SSSR count). The highest BCUT2D eigenvalue weighted by Crippen LogP contribution is 2.35. The highest BCUT2D eigenvalue weighted by Gasteiger charge is 2.27. The molecular formula is C27H28Cl2N6O2. The number of rotatable bonds is 4. The topological polar surface area (TPSA) is 85.2 Å². The van der Waals surface area contributed by atoms with Crippen LogP contribution in [-0.4, -0.2) is 50.3 Å². The summed E-state index contributed by atoms with van der Waals surface area (Å²) in [4.78, 5) is 28.6. The Balaban J connectivity index is 1.48. The number of nitrogens with zero attached hydrogens (tertiary/aromatic N) is 5. The number of carbonyl (C=O) groups is 1. The van der Waals surface area contributed by atoms with Crippen molar-refractivity contribution in [3.05, 3.63) is 64.9 Å². The van der Waals surface area contributed by atoms with E-state index >= 15 is 0 Å². The molecule has 1 saturated heterocycles. The van der Waals surface area contributed by atoms with Crippen molar-refractivity contribution in [3.8, 4) is 17.1 Å². The Morgan fingerprint density at radius 2 is 1.73 bits per heavy atom. The molecule has 0 atom stereocenters. The lowest BCUT2D eigenvalue weighted by molar-refractivity contribution is 0.0497. The van der Waals surface area contributed by atoms with Gasteiger partial charge in [-0.2, -0.15) is 0 Å². The smallest absolute Gasteiger partial charge is 0.407 e. The number of alkyl carbamates (subject to hydrolysis) is 1. The molecule has 1 fully saturated rings. The van der Waals surface area contributed by atoms with Gasteiger partial charge in [-0.3, -0.25) is 4.57 Å². The normalized spacial score (nSPS) is 14.7. The van der Waals surface area contributed by atoms with Crippen LogP contribution in [0.5, 0.6) is 0 Å². The molecule has 0 unspecified atom stereocenters. The molecule has 4 aromatic rings. The summed E-state index contributed by atoms with van der Waals surface area (Å²) in [5.74, 6) is 1.42. The number of carbonyl (C=O) groups excluding carboxylic acids is 1. The SMILES string of the molecule is CC(C)(C)OC(=O)NC1CCN(c2ncnc3c2nc(-c2ccccc2Cl)n3-c2ccc(Cl)cc2)CC1. The summed E-state index contributed by atoms with van der Waals surface area (Å²) < 4.78 is 7.39. The van der Waals surface area contributed by atoms with Gasteiger partial charge in [-0.05, 0) is 70.0 Å². The van der Waals surface area contributed by atoms with Crippen LogP contribution in [0.25, 0.3) is 28.2 Å². The lowest BCUT2D eigenvalue weighted by atomic mass is 10.1. The van der Waals surface area contributed by atoms with Crippen LogP contribution in [0, 0.1) is 0 Å². The summed E-state index contributed by atoms with van der Waals surface area (Å²) in [5, 5.41) is 4.22. The molecular weight excluding hydrogens is 511 g/mol. The summed E-state index contributed by atoms with van der Waals surface area (Å²) in [6.45, 7) is 6.99. The number of halogens is 2. The minimum absolute atomic E-state index is 0.0359. The molecule has 0 bridgehead atoms. The van der Waals surface area contributed by atoms with Gasteiger partial charge in [0.2, 0.25) is 0 Å². The average Bonchev–Trinajstić information content (AvgIpc) is 3.24. The van der Waals surface area contributed by atoms with E-state index in [2.05, 4.69) is 20.2 Å². The van der Waals surface area contributed by atoms with Crippen molar-refractivity contribution in [2.75, 3.05) is 18.0 Å². The number of nitrogens with one attached hydrogen (secondary N) is 1. The number of benzene rings is 2. The second-order valence-electron chi connectivity index (χ2n) is 10.0. The van der Waals surface area contributed by atoms with Gasteiger partial charge in [0.25, 0.3) is 0 Å². The van der Waals surface area contributed by atoms with E-state index in [1.165, 1.54) is 0 Å². The summed E-state index contributed by atoms with van der Waals surface area (Å²) in [6, 6.07) is 15.2. The Morgan fingerprint density at radius 1 is 1.03 bits per heavy atom. The standard InChI is InChI=1S/C27H28Cl2N6O2/c1-27(2,3)37-26(36)32-18-12-14-34(15-13-18)24-22-25(31-16-30-24)35(19-10-8-17(28)9-11-19)23(33-22)20-6-4-5-7-21(20)29/h4-11,16,18H,12-15H2,1-3H3,(H,32,36). The zero-order valence-electron chi connectivity index (χ0n) is 20.9. The van der Waals surface area contributed by atoms with Gasteiger partial charge in [0, 0.05) is 35.4 Å². The number of anilines is 1. The number of fused-ring (bicyclic) bond motifs is 1. The summed E-state index contributed by atoms with van der Waals surface area (Å²) >= 11 is 12.8. The third kappa shape index (κ3) is 5.50. The van der Waals surface area contributed by atoms with Crippen LogP contribution in [0.1, 0.15) is 33.6 Å². The molecule has 1 aliphatic rings. The Kier molecular flexibility index (Phi) is 6.96. The first-order valence-electron chi connectivity index (χ1n) is 12.2. The van der Waals surface area contributed by atoms with Crippen molar-refractivity contribution in [3.63, 3.8) is 0 Å². The quantitative estimate of drug-likeness (QED) is 0.329. The van der Waals surface area contributed by atoms with Gasteiger partial charge in [0.15, 0.2) is 17.0 Å². The summed E-state index contributed by atoms with van der Waals surface area (Å²) in [5.41, 5.74) is 2.50. The molecule has 8 nitrogen and oxygen atoms in total. The summed E-state index contributed by atoms with van der Waals surface area (Å²) in [6.07, 6.45) is 2.70. The lowest BCUT2D eigenvalue weighted by Crippen LogP contribution is -2.46. The number of hydrogen-bond donors (Lipinski definition) is 1. The molecule has 0 radical (unpaired) electrons. The Hall–Kier alpha value is -3.36.